The second kappa shape index (κ2) is 7.06. The zero-order valence-corrected chi connectivity index (χ0v) is 13.6. The topological polar surface area (TPSA) is 62.2 Å². The second-order valence-corrected chi connectivity index (χ2v) is 6.74. The summed E-state index contributed by atoms with van der Waals surface area (Å²) in [5, 5.41) is 15.3. The smallest absolute Gasteiger partial charge is 0.270 e. The lowest BCUT2D eigenvalue weighted by Gasteiger charge is -2.22. The van der Waals surface area contributed by atoms with Gasteiger partial charge in [0.2, 0.25) is 0 Å². The van der Waals surface area contributed by atoms with Crippen LogP contribution in [0.2, 0.25) is 0 Å². The number of hydrogen-bond acceptors (Lipinski definition) is 5. The molecule has 0 aliphatic heterocycles. The number of thioether (sulfide) groups is 1. The van der Waals surface area contributed by atoms with Crippen LogP contribution in [0.3, 0.4) is 0 Å². The van der Waals surface area contributed by atoms with Crippen molar-refractivity contribution in [1.82, 2.24) is 10.3 Å². The summed E-state index contributed by atoms with van der Waals surface area (Å²) in [5.74, 6) is 0.314. The molecule has 6 heteroatoms. The van der Waals surface area contributed by atoms with E-state index in [1.807, 2.05) is 36.6 Å². The highest BCUT2D eigenvalue weighted by atomic mass is 32.2. The monoisotopic (exact) mass is 322 g/mol. The summed E-state index contributed by atoms with van der Waals surface area (Å²) in [6.45, 7) is 1.92. The molecule has 1 heterocycles. The standard InChI is InChI=1S/C15H18N2O2S2/c1-15(19,10-20-2)9-16-13(18)12-8-21-14(17-12)11-6-4-3-5-7-11/h3-8,19H,9-10H2,1-2H3,(H,16,18). The molecule has 1 aromatic heterocycles. The summed E-state index contributed by atoms with van der Waals surface area (Å²) in [5.41, 5.74) is 0.475. The zero-order valence-electron chi connectivity index (χ0n) is 12.0. The number of thiazole rings is 1. The van der Waals surface area contributed by atoms with E-state index in [4.69, 9.17) is 0 Å². The first kappa shape index (κ1) is 16.0. The predicted molar refractivity (Wildman–Crippen MR) is 88.9 cm³/mol. The van der Waals surface area contributed by atoms with Gasteiger partial charge in [-0.3, -0.25) is 4.79 Å². The fourth-order valence-corrected chi connectivity index (χ4v) is 3.34. The molecule has 112 valence electrons. The van der Waals surface area contributed by atoms with E-state index in [2.05, 4.69) is 10.3 Å². The highest BCUT2D eigenvalue weighted by molar-refractivity contribution is 7.98. The maximum atomic E-state index is 12.1. The molecule has 2 aromatic rings. The van der Waals surface area contributed by atoms with E-state index in [0.29, 0.717) is 11.4 Å². The van der Waals surface area contributed by atoms with Crippen molar-refractivity contribution in [3.05, 3.63) is 41.4 Å². The molecule has 0 aliphatic carbocycles. The minimum Gasteiger partial charge on any atom is -0.387 e. The van der Waals surface area contributed by atoms with Crippen LogP contribution >= 0.6 is 23.1 Å². The lowest BCUT2D eigenvalue weighted by Crippen LogP contribution is -2.42. The van der Waals surface area contributed by atoms with E-state index in [-0.39, 0.29) is 12.5 Å². The summed E-state index contributed by atoms with van der Waals surface area (Å²) < 4.78 is 0. The van der Waals surface area contributed by atoms with Gasteiger partial charge in [-0.05, 0) is 13.2 Å². The van der Waals surface area contributed by atoms with Crippen molar-refractivity contribution in [1.29, 1.82) is 0 Å². The molecule has 2 rings (SSSR count). The fraction of sp³-hybridized carbons (Fsp3) is 0.333. The highest BCUT2D eigenvalue weighted by Crippen LogP contribution is 2.23. The Morgan fingerprint density at radius 3 is 2.81 bits per heavy atom. The molecule has 0 aliphatic rings. The molecule has 4 nitrogen and oxygen atoms in total. The average molecular weight is 322 g/mol. The van der Waals surface area contributed by atoms with Gasteiger partial charge in [0, 0.05) is 23.2 Å². The first-order chi connectivity index (χ1) is 10.0. The van der Waals surface area contributed by atoms with E-state index in [0.717, 1.165) is 10.6 Å². The van der Waals surface area contributed by atoms with Crippen LogP contribution in [0.25, 0.3) is 10.6 Å². The highest BCUT2D eigenvalue weighted by Gasteiger charge is 2.21. The molecule has 1 amide bonds. The van der Waals surface area contributed by atoms with E-state index in [9.17, 15) is 9.90 Å². The molecule has 1 atom stereocenters. The maximum Gasteiger partial charge on any atom is 0.270 e. The molecule has 0 fully saturated rings. The van der Waals surface area contributed by atoms with Crippen molar-refractivity contribution in [2.24, 2.45) is 0 Å². The van der Waals surface area contributed by atoms with Gasteiger partial charge in [-0.1, -0.05) is 30.3 Å². The number of nitrogens with one attached hydrogen (secondary N) is 1. The SMILES string of the molecule is CSCC(C)(O)CNC(=O)c1csc(-c2ccccc2)n1. The van der Waals surface area contributed by atoms with Gasteiger partial charge in [-0.2, -0.15) is 11.8 Å². The second-order valence-electron chi connectivity index (χ2n) is 5.02. The third-order valence-electron chi connectivity index (χ3n) is 2.84. The van der Waals surface area contributed by atoms with Crippen LogP contribution in [0.5, 0.6) is 0 Å². The predicted octanol–water partition coefficient (Wildman–Crippen LogP) is 2.65. The summed E-state index contributed by atoms with van der Waals surface area (Å²) in [7, 11) is 0. The minimum atomic E-state index is -0.909. The minimum absolute atomic E-state index is 0.213. The molecule has 2 N–H and O–H groups in total. The summed E-state index contributed by atoms with van der Waals surface area (Å²) in [4.78, 5) is 16.4. The number of amides is 1. The number of aromatic nitrogens is 1. The molecular formula is C15H18N2O2S2. The molecule has 0 bridgehead atoms. The van der Waals surface area contributed by atoms with E-state index in [1.54, 1.807) is 24.1 Å². The molecule has 0 radical (unpaired) electrons. The first-order valence-electron chi connectivity index (χ1n) is 6.52. The van der Waals surface area contributed by atoms with Gasteiger partial charge in [0.1, 0.15) is 10.7 Å². The Morgan fingerprint density at radius 2 is 2.14 bits per heavy atom. The number of aliphatic hydroxyl groups is 1. The van der Waals surface area contributed by atoms with E-state index < -0.39 is 5.60 Å². The fourth-order valence-electron chi connectivity index (χ4n) is 1.81. The van der Waals surface area contributed by atoms with Crippen LogP contribution in [0, 0.1) is 0 Å². The van der Waals surface area contributed by atoms with Gasteiger partial charge < -0.3 is 10.4 Å². The summed E-state index contributed by atoms with van der Waals surface area (Å²) in [6.07, 6.45) is 1.92. The molecule has 0 spiro atoms. The van der Waals surface area contributed by atoms with Gasteiger partial charge >= 0.3 is 0 Å². The van der Waals surface area contributed by atoms with Gasteiger partial charge in [-0.25, -0.2) is 4.98 Å². The van der Waals surface area contributed by atoms with Crippen LogP contribution in [0.1, 0.15) is 17.4 Å². The Kier molecular flexibility index (Phi) is 5.39. The summed E-state index contributed by atoms with van der Waals surface area (Å²) in [6, 6.07) is 9.75. The Bertz CT molecular complexity index is 597. The largest absolute Gasteiger partial charge is 0.387 e. The van der Waals surface area contributed by atoms with Crippen molar-refractivity contribution in [2.75, 3.05) is 18.6 Å². The number of nitrogens with zero attached hydrogens (tertiary/aromatic N) is 1. The molecule has 0 saturated heterocycles. The van der Waals surface area contributed by atoms with Crippen molar-refractivity contribution in [2.45, 2.75) is 12.5 Å². The Morgan fingerprint density at radius 1 is 1.43 bits per heavy atom. The van der Waals surface area contributed by atoms with Gasteiger partial charge in [-0.15, -0.1) is 11.3 Å². The van der Waals surface area contributed by atoms with Crippen LogP contribution in [0.15, 0.2) is 35.7 Å². The van der Waals surface area contributed by atoms with Crippen LogP contribution < -0.4 is 5.32 Å². The van der Waals surface area contributed by atoms with Crippen molar-refractivity contribution >= 4 is 29.0 Å². The Balaban J connectivity index is 2.00. The molecule has 1 aromatic carbocycles. The van der Waals surface area contributed by atoms with Crippen molar-refractivity contribution in [3.8, 4) is 10.6 Å². The normalized spacial score (nSPS) is 13.7. The molecule has 1 unspecified atom stereocenters. The number of benzene rings is 1. The van der Waals surface area contributed by atoms with Crippen molar-refractivity contribution in [3.63, 3.8) is 0 Å². The van der Waals surface area contributed by atoms with E-state index >= 15 is 0 Å². The third-order valence-corrected chi connectivity index (χ3v) is 4.64. The zero-order chi connectivity index (χ0) is 15.3. The Hall–Kier alpha value is -1.37. The van der Waals surface area contributed by atoms with Crippen LogP contribution in [0.4, 0.5) is 0 Å². The number of carbonyl (C=O) groups excluding carboxylic acids is 1. The quantitative estimate of drug-likeness (QED) is 0.858. The molecular weight excluding hydrogens is 304 g/mol. The van der Waals surface area contributed by atoms with E-state index in [1.165, 1.54) is 11.3 Å². The maximum absolute atomic E-state index is 12.1. The lowest BCUT2D eigenvalue weighted by molar-refractivity contribution is 0.0723. The number of rotatable bonds is 6. The van der Waals surface area contributed by atoms with Crippen molar-refractivity contribution < 1.29 is 9.90 Å². The van der Waals surface area contributed by atoms with Crippen LogP contribution in [-0.4, -0.2) is 40.2 Å². The third kappa shape index (κ3) is 4.56. The lowest BCUT2D eigenvalue weighted by atomic mass is 10.1. The molecule has 0 saturated carbocycles. The molecule has 21 heavy (non-hydrogen) atoms. The average Bonchev–Trinajstić information content (AvgIpc) is 2.96. The van der Waals surface area contributed by atoms with Gasteiger partial charge in [0.05, 0.1) is 5.60 Å². The summed E-state index contributed by atoms with van der Waals surface area (Å²) >= 11 is 2.98. The first-order valence-corrected chi connectivity index (χ1v) is 8.80. The van der Waals surface area contributed by atoms with Gasteiger partial charge in [0.15, 0.2) is 0 Å². The van der Waals surface area contributed by atoms with Gasteiger partial charge in [0.25, 0.3) is 5.91 Å². The Labute approximate surface area is 132 Å². The van der Waals surface area contributed by atoms with Crippen LogP contribution in [-0.2, 0) is 0 Å². The number of carbonyl (C=O) groups is 1. The number of hydrogen-bond donors (Lipinski definition) is 2.